The van der Waals surface area contributed by atoms with Crippen LogP contribution in [0.5, 0.6) is 5.75 Å². The maximum absolute atomic E-state index is 6.57. The van der Waals surface area contributed by atoms with Gasteiger partial charge in [-0.3, -0.25) is 4.99 Å². The minimum absolute atomic E-state index is 0.0866. The molecule has 4 heterocycles. The normalized spacial score (nSPS) is 17.4. The lowest BCUT2D eigenvalue weighted by Crippen LogP contribution is -2.15. The van der Waals surface area contributed by atoms with Crippen molar-refractivity contribution in [1.82, 2.24) is 0 Å². The van der Waals surface area contributed by atoms with Crippen LogP contribution < -0.4 is 4.74 Å². The monoisotopic (exact) mass is 929 g/mol. The number of fused-ring (bicyclic) bond motifs is 15. The topological polar surface area (TPSA) is 34.7 Å². The number of hydrogen-bond acceptors (Lipinski definition) is 4. The Morgan fingerprint density at radius 2 is 1.31 bits per heavy atom. The number of aliphatic imine (C=N–C) groups is 1. The lowest BCUT2D eigenvalue weighted by Gasteiger charge is -2.31. The molecule has 0 spiro atoms. The largest absolute Gasteiger partial charge is 0.488 e. The van der Waals surface area contributed by atoms with E-state index < -0.39 is 0 Å². The van der Waals surface area contributed by atoms with E-state index in [9.17, 15) is 0 Å². The van der Waals surface area contributed by atoms with E-state index in [0.717, 1.165) is 57.4 Å². The average molecular weight is 930 g/mol. The van der Waals surface area contributed by atoms with Gasteiger partial charge in [0.25, 0.3) is 0 Å². The number of rotatable bonds is 5. The summed E-state index contributed by atoms with van der Waals surface area (Å²) in [5.41, 5.74) is 18.4. The number of allylic oxidation sites excluding steroid dienone is 1. The van der Waals surface area contributed by atoms with Crippen molar-refractivity contribution in [2.24, 2.45) is 10.9 Å². The van der Waals surface area contributed by atoms with E-state index in [1.165, 1.54) is 97.4 Å². The fourth-order valence-electron chi connectivity index (χ4n) is 12.7. The van der Waals surface area contributed by atoms with Crippen molar-refractivity contribution < 1.29 is 9.15 Å². The molecule has 338 valence electrons. The zero-order valence-corrected chi connectivity index (χ0v) is 40.1. The number of furan rings is 1. The summed E-state index contributed by atoms with van der Waals surface area (Å²) in [6.07, 6.45) is 5.06. The molecule has 0 N–H and O–H groups in total. The van der Waals surface area contributed by atoms with Crippen LogP contribution in [0.4, 0.5) is 0 Å². The summed E-state index contributed by atoms with van der Waals surface area (Å²) >= 11 is 1.96. The number of benzene rings is 10. The van der Waals surface area contributed by atoms with Crippen molar-refractivity contribution in [3.63, 3.8) is 0 Å². The second kappa shape index (κ2) is 16.0. The van der Waals surface area contributed by atoms with Crippen LogP contribution in [0.25, 0.3) is 91.5 Å². The van der Waals surface area contributed by atoms with Gasteiger partial charge in [0.2, 0.25) is 0 Å². The summed E-state index contributed by atoms with van der Waals surface area (Å²) in [5, 5.41) is 10.2. The highest BCUT2D eigenvalue weighted by atomic mass is 32.1. The van der Waals surface area contributed by atoms with Gasteiger partial charge in [-0.25, -0.2) is 0 Å². The smallest absolute Gasteiger partial charge is 0.136 e. The summed E-state index contributed by atoms with van der Waals surface area (Å²) < 4.78 is 15.8. The molecule has 0 fully saturated rings. The molecule has 10 aromatic carbocycles. The third-order valence-electron chi connectivity index (χ3n) is 16.0. The molecule has 2 aliphatic heterocycles. The van der Waals surface area contributed by atoms with E-state index in [1.54, 1.807) is 0 Å². The van der Waals surface area contributed by atoms with Gasteiger partial charge in [0.15, 0.2) is 0 Å². The number of para-hydroxylation sites is 1. The maximum Gasteiger partial charge on any atom is 0.136 e. The summed E-state index contributed by atoms with van der Waals surface area (Å²) in [6, 6.07) is 71.9. The van der Waals surface area contributed by atoms with Crippen molar-refractivity contribution in [3.05, 3.63) is 239 Å². The second-order valence-electron chi connectivity index (χ2n) is 19.8. The Labute approximate surface area is 416 Å². The van der Waals surface area contributed by atoms with Crippen LogP contribution in [0, 0.1) is 5.92 Å². The molecule has 3 nitrogen and oxygen atoms in total. The molecule has 2 aromatic heterocycles. The Morgan fingerprint density at radius 1 is 0.563 bits per heavy atom. The molecule has 4 heteroatoms. The lowest BCUT2D eigenvalue weighted by atomic mass is 9.72. The Kier molecular flexibility index (Phi) is 9.19. The summed E-state index contributed by atoms with van der Waals surface area (Å²) in [6.45, 7) is 2.91. The van der Waals surface area contributed by atoms with Gasteiger partial charge in [0.05, 0.1) is 6.04 Å². The van der Waals surface area contributed by atoms with Crippen molar-refractivity contribution in [1.29, 1.82) is 0 Å². The van der Waals surface area contributed by atoms with Gasteiger partial charge in [0, 0.05) is 60.5 Å². The molecule has 1 aliphatic carbocycles. The first-order valence-electron chi connectivity index (χ1n) is 25.1. The molecule has 0 saturated carbocycles. The molecular weight excluding hydrogens is 883 g/mol. The van der Waals surface area contributed by atoms with Gasteiger partial charge >= 0.3 is 0 Å². The number of thiophene rings is 1. The first-order valence-corrected chi connectivity index (χ1v) is 26.0. The molecule has 3 unspecified atom stereocenters. The van der Waals surface area contributed by atoms with Gasteiger partial charge < -0.3 is 9.15 Å². The van der Waals surface area contributed by atoms with Crippen molar-refractivity contribution in [2.75, 3.05) is 0 Å². The Bertz CT molecular complexity index is 4260. The van der Waals surface area contributed by atoms with Crippen LogP contribution in [0.1, 0.15) is 70.7 Å². The molecule has 12 aromatic rings. The van der Waals surface area contributed by atoms with Crippen LogP contribution >= 0.6 is 11.3 Å². The van der Waals surface area contributed by atoms with E-state index in [4.69, 9.17) is 14.1 Å². The first-order chi connectivity index (χ1) is 35.1. The molecule has 0 bridgehead atoms. The fraction of sp³-hybridized carbons (Fsp3) is 0.119. The molecule has 0 saturated heterocycles. The van der Waals surface area contributed by atoms with Crippen LogP contribution in [0.3, 0.4) is 0 Å². The molecule has 0 radical (unpaired) electrons. The van der Waals surface area contributed by atoms with Crippen molar-refractivity contribution in [3.8, 4) is 28.0 Å². The molecule has 3 atom stereocenters. The minimum Gasteiger partial charge on any atom is -0.488 e. The summed E-state index contributed by atoms with van der Waals surface area (Å²) in [7, 11) is 0. The molecule has 3 aliphatic rings. The molecule has 0 amide bonds. The van der Waals surface area contributed by atoms with Crippen LogP contribution in [-0.2, 0) is 13.0 Å². The number of ether oxygens (including phenoxy) is 1. The highest BCUT2D eigenvalue weighted by Gasteiger charge is 2.34. The predicted octanol–water partition coefficient (Wildman–Crippen LogP) is 18.2. The van der Waals surface area contributed by atoms with E-state index in [2.05, 4.69) is 201 Å². The van der Waals surface area contributed by atoms with Gasteiger partial charge in [-0.2, -0.15) is 0 Å². The number of nitrogens with zero attached hydrogens (tertiary/aromatic N) is 1. The predicted molar refractivity (Wildman–Crippen MR) is 297 cm³/mol. The highest BCUT2D eigenvalue weighted by molar-refractivity contribution is 7.26. The Hall–Kier alpha value is -8.05. The lowest BCUT2D eigenvalue weighted by molar-refractivity contribution is 0.301. The zero-order chi connectivity index (χ0) is 46.7. The van der Waals surface area contributed by atoms with E-state index in [-0.39, 0.29) is 17.9 Å². The maximum atomic E-state index is 6.57. The summed E-state index contributed by atoms with van der Waals surface area (Å²) in [4.78, 5) is 5.89. The van der Waals surface area contributed by atoms with E-state index in [0.29, 0.717) is 13.0 Å². The zero-order valence-electron chi connectivity index (χ0n) is 39.3. The molecular formula is C67H47NO2S. The Balaban J connectivity index is 0.930. The summed E-state index contributed by atoms with van der Waals surface area (Å²) in [5.74, 6) is 1.18. The number of hydrogen-bond donors (Lipinski definition) is 0. The minimum atomic E-state index is -0.163. The van der Waals surface area contributed by atoms with Crippen LogP contribution in [0.15, 0.2) is 210 Å². The average Bonchev–Trinajstić information content (AvgIpc) is 3.94. The van der Waals surface area contributed by atoms with Crippen molar-refractivity contribution >= 4 is 86.3 Å². The third-order valence-corrected chi connectivity index (χ3v) is 17.2. The fourth-order valence-corrected chi connectivity index (χ4v) is 14.0. The third kappa shape index (κ3) is 6.37. The van der Waals surface area contributed by atoms with Crippen molar-refractivity contribution in [2.45, 2.75) is 44.8 Å². The standard InChI is InChI=1S/C67H47NO2S/c1-2-46-49(31-32-59(42-24-26-52-50-19-9-11-21-60(50)70-62(52)36-42)68-66(46)43-25-27-51-47-17-7-6-16-44(47)38-69-61(51)37-43)53-29-30-55(67-65(53)56-20-10-12-22-63(56)71-67)58-35-45-33-40-14-3-4-15-41(40)34-57(45)54-28-23-39-13-5-8-18-48(39)64(54)58/h3-31,33-34,36-37,46,58,66H,2,32,35,38H2,1H3. The van der Waals surface area contributed by atoms with Gasteiger partial charge in [-0.1, -0.05) is 171 Å². The van der Waals surface area contributed by atoms with E-state index >= 15 is 0 Å². The van der Waals surface area contributed by atoms with Gasteiger partial charge in [0.1, 0.15) is 23.5 Å². The quantitative estimate of drug-likeness (QED) is 0.172. The van der Waals surface area contributed by atoms with Gasteiger partial charge in [-0.05, 0) is 132 Å². The first kappa shape index (κ1) is 40.8. The second-order valence-corrected chi connectivity index (χ2v) is 20.8. The van der Waals surface area contributed by atoms with Gasteiger partial charge in [-0.15, -0.1) is 11.3 Å². The Morgan fingerprint density at radius 3 is 2.21 bits per heavy atom. The van der Waals surface area contributed by atoms with Crippen LogP contribution in [0.2, 0.25) is 0 Å². The van der Waals surface area contributed by atoms with E-state index in [1.807, 2.05) is 17.4 Å². The highest BCUT2D eigenvalue weighted by Crippen LogP contribution is 2.53. The van der Waals surface area contributed by atoms with Crippen LogP contribution in [-0.4, -0.2) is 5.71 Å². The molecule has 15 rings (SSSR count). The molecule has 71 heavy (non-hydrogen) atoms. The SMILES string of the molecule is CCC1C(c2ccc(C3Cc4cc5ccccc5cc4-c4ccc5ccccc5c43)c3sc4ccccc4c23)=CCC(c2ccc3c(c2)oc2ccccc23)=NC1c1ccc2c(c1)OCc1ccccc1-2.